The van der Waals surface area contributed by atoms with Gasteiger partial charge in [-0.2, -0.15) is 0 Å². The monoisotopic (exact) mass is 273 g/mol. The molecule has 1 aliphatic heterocycles. The molecule has 1 saturated heterocycles. The van der Waals surface area contributed by atoms with Crippen molar-refractivity contribution in [3.63, 3.8) is 0 Å². The van der Waals surface area contributed by atoms with Crippen LogP contribution in [0.15, 0.2) is 42.5 Å². The van der Waals surface area contributed by atoms with Crippen LogP contribution >= 0.6 is 0 Å². The van der Waals surface area contributed by atoms with E-state index in [1.165, 1.54) is 6.08 Å². The van der Waals surface area contributed by atoms with Crippen molar-refractivity contribution in [2.45, 2.75) is 38.4 Å². The molecule has 1 unspecified atom stereocenters. The van der Waals surface area contributed by atoms with Gasteiger partial charge in [0.1, 0.15) is 0 Å². The van der Waals surface area contributed by atoms with E-state index in [9.17, 15) is 4.79 Å². The summed E-state index contributed by atoms with van der Waals surface area (Å²) in [6, 6.07) is 9.82. The molecule has 0 spiro atoms. The van der Waals surface area contributed by atoms with Gasteiger partial charge in [0.25, 0.3) is 0 Å². The van der Waals surface area contributed by atoms with E-state index >= 15 is 0 Å². The molecular formula is C15H20BNO3. The molecule has 0 bridgehead atoms. The van der Waals surface area contributed by atoms with Gasteiger partial charge in [-0.05, 0) is 38.7 Å². The Hall–Kier alpha value is -1.59. The first-order valence-electron chi connectivity index (χ1n) is 6.71. The standard InChI is InChI=1S/C15H20BNO3/c1-14(2)15(3,11-7-10-13(17)18)20-16(19-14)12-8-5-4-6-9-12/h4-10H,11H2,1-3H3,(H2,17,18). The molecule has 4 nitrogen and oxygen atoms in total. The third kappa shape index (κ3) is 2.94. The van der Waals surface area contributed by atoms with Crippen LogP contribution in [0.4, 0.5) is 0 Å². The fourth-order valence-corrected chi connectivity index (χ4v) is 2.23. The van der Waals surface area contributed by atoms with E-state index in [-0.39, 0.29) is 0 Å². The van der Waals surface area contributed by atoms with E-state index in [1.807, 2.05) is 51.1 Å². The van der Waals surface area contributed by atoms with Crippen LogP contribution < -0.4 is 11.2 Å². The third-order valence-corrected chi connectivity index (χ3v) is 3.90. The number of carbonyl (C=O) groups excluding carboxylic acids is 1. The molecule has 0 radical (unpaired) electrons. The number of amides is 1. The van der Waals surface area contributed by atoms with E-state index < -0.39 is 24.2 Å². The molecule has 1 heterocycles. The Kier molecular flexibility index (Phi) is 4.02. The summed E-state index contributed by atoms with van der Waals surface area (Å²) in [6.45, 7) is 5.98. The summed E-state index contributed by atoms with van der Waals surface area (Å²) in [6.07, 6.45) is 3.66. The van der Waals surface area contributed by atoms with Gasteiger partial charge in [-0.25, -0.2) is 0 Å². The summed E-state index contributed by atoms with van der Waals surface area (Å²) in [5.74, 6) is -0.454. The predicted octanol–water partition coefficient (Wildman–Crippen LogP) is 1.40. The SMILES string of the molecule is CC1(C)OB(c2ccccc2)OC1(C)CC=CC(N)=O. The molecular weight excluding hydrogens is 253 g/mol. The average molecular weight is 273 g/mol. The maximum absolute atomic E-state index is 10.8. The molecule has 5 heteroatoms. The van der Waals surface area contributed by atoms with Crippen molar-refractivity contribution in [2.24, 2.45) is 5.73 Å². The summed E-state index contributed by atoms with van der Waals surface area (Å²) < 4.78 is 12.1. The first-order valence-corrected chi connectivity index (χ1v) is 6.71. The van der Waals surface area contributed by atoms with Crippen LogP contribution in [0.3, 0.4) is 0 Å². The highest BCUT2D eigenvalue weighted by molar-refractivity contribution is 6.62. The van der Waals surface area contributed by atoms with Crippen molar-refractivity contribution >= 4 is 18.5 Å². The van der Waals surface area contributed by atoms with Gasteiger partial charge in [-0.15, -0.1) is 0 Å². The van der Waals surface area contributed by atoms with Crippen molar-refractivity contribution < 1.29 is 14.1 Å². The Balaban J connectivity index is 2.16. The van der Waals surface area contributed by atoms with Crippen LogP contribution in [-0.4, -0.2) is 24.2 Å². The van der Waals surface area contributed by atoms with Gasteiger partial charge in [-0.3, -0.25) is 4.79 Å². The van der Waals surface area contributed by atoms with Crippen LogP contribution in [0, 0.1) is 0 Å². The zero-order chi connectivity index (χ0) is 14.8. The molecule has 0 aromatic heterocycles. The van der Waals surface area contributed by atoms with E-state index in [4.69, 9.17) is 15.0 Å². The Morgan fingerprint density at radius 1 is 1.25 bits per heavy atom. The Bertz CT molecular complexity index is 515. The predicted molar refractivity (Wildman–Crippen MR) is 79.4 cm³/mol. The number of rotatable bonds is 4. The van der Waals surface area contributed by atoms with Gasteiger partial charge >= 0.3 is 7.12 Å². The first kappa shape index (κ1) is 14.8. The highest BCUT2D eigenvalue weighted by Crippen LogP contribution is 2.39. The van der Waals surface area contributed by atoms with Gasteiger partial charge in [0.05, 0.1) is 11.2 Å². The van der Waals surface area contributed by atoms with Crippen LogP contribution in [0.1, 0.15) is 27.2 Å². The highest BCUT2D eigenvalue weighted by Gasteiger charge is 2.53. The lowest BCUT2D eigenvalue weighted by molar-refractivity contribution is -0.113. The van der Waals surface area contributed by atoms with Gasteiger partial charge < -0.3 is 15.0 Å². The van der Waals surface area contributed by atoms with E-state index in [1.54, 1.807) is 6.08 Å². The topological polar surface area (TPSA) is 61.6 Å². The van der Waals surface area contributed by atoms with Crippen molar-refractivity contribution in [1.82, 2.24) is 0 Å². The molecule has 0 saturated carbocycles. The van der Waals surface area contributed by atoms with Crippen LogP contribution in [0.25, 0.3) is 0 Å². The molecule has 1 atom stereocenters. The van der Waals surface area contributed by atoms with Crippen molar-refractivity contribution in [3.05, 3.63) is 42.5 Å². The summed E-state index contributed by atoms with van der Waals surface area (Å²) >= 11 is 0. The van der Waals surface area contributed by atoms with Crippen LogP contribution in [-0.2, 0) is 14.1 Å². The zero-order valence-corrected chi connectivity index (χ0v) is 12.1. The fourth-order valence-electron chi connectivity index (χ4n) is 2.23. The van der Waals surface area contributed by atoms with Crippen LogP contribution in [0.5, 0.6) is 0 Å². The largest absolute Gasteiger partial charge is 0.494 e. The second-order valence-electron chi connectivity index (χ2n) is 5.73. The maximum Gasteiger partial charge on any atom is 0.494 e. The molecule has 1 aromatic rings. The number of benzene rings is 1. The van der Waals surface area contributed by atoms with Gasteiger partial charge in [0, 0.05) is 0 Å². The number of hydrogen-bond acceptors (Lipinski definition) is 3. The van der Waals surface area contributed by atoms with Crippen molar-refractivity contribution in [3.8, 4) is 0 Å². The molecule has 1 fully saturated rings. The Morgan fingerprint density at radius 2 is 1.90 bits per heavy atom. The molecule has 20 heavy (non-hydrogen) atoms. The maximum atomic E-state index is 10.8. The first-order chi connectivity index (χ1) is 9.34. The Labute approximate surface area is 120 Å². The summed E-state index contributed by atoms with van der Waals surface area (Å²) in [5.41, 5.74) is 5.12. The third-order valence-electron chi connectivity index (χ3n) is 3.90. The Morgan fingerprint density at radius 3 is 2.50 bits per heavy atom. The number of primary amides is 1. The molecule has 106 valence electrons. The quantitative estimate of drug-likeness (QED) is 0.666. The lowest BCUT2D eigenvalue weighted by atomic mass is 9.79. The summed E-state index contributed by atoms with van der Waals surface area (Å²) in [5, 5.41) is 0. The minimum Gasteiger partial charge on any atom is -0.399 e. The van der Waals surface area contributed by atoms with E-state index in [0.717, 1.165) is 5.46 Å². The summed E-state index contributed by atoms with van der Waals surface area (Å²) in [4.78, 5) is 10.8. The molecule has 1 aromatic carbocycles. The average Bonchev–Trinajstić information content (AvgIpc) is 2.61. The second-order valence-corrected chi connectivity index (χ2v) is 5.73. The van der Waals surface area contributed by atoms with Crippen LogP contribution in [0.2, 0.25) is 0 Å². The smallest absolute Gasteiger partial charge is 0.399 e. The zero-order valence-electron chi connectivity index (χ0n) is 12.1. The molecule has 2 rings (SSSR count). The molecule has 1 aliphatic rings. The minimum atomic E-state index is -0.514. The minimum absolute atomic E-state index is 0.391. The normalized spacial score (nSPS) is 25.2. The van der Waals surface area contributed by atoms with Gasteiger partial charge in [0.2, 0.25) is 5.91 Å². The lowest BCUT2D eigenvalue weighted by Crippen LogP contribution is -2.44. The van der Waals surface area contributed by atoms with E-state index in [0.29, 0.717) is 6.42 Å². The lowest BCUT2D eigenvalue weighted by Gasteiger charge is -2.35. The number of carbonyl (C=O) groups is 1. The number of nitrogens with two attached hydrogens (primary N) is 1. The fraction of sp³-hybridized carbons (Fsp3) is 0.400. The van der Waals surface area contributed by atoms with Gasteiger partial charge in [-0.1, -0.05) is 36.4 Å². The highest BCUT2D eigenvalue weighted by atomic mass is 16.7. The molecule has 0 aliphatic carbocycles. The van der Waals surface area contributed by atoms with Gasteiger partial charge in [0.15, 0.2) is 0 Å². The number of hydrogen-bond donors (Lipinski definition) is 1. The van der Waals surface area contributed by atoms with Crippen molar-refractivity contribution in [1.29, 1.82) is 0 Å². The second kappa shape index (κ2) is 5.42. The molecule has 1 amide bonds. The van der Waals surface area contributed by atoms with E-state index in [2.05, 4.69) is 0 Å². The van der Waals surface area contributed by atoms with Crippen molar-refractivity contribution in [2.75, 3.05) is 0 Å². The molecule has 2 N–H and O–H groups in total. The summed E-state index contributed by atoms with van der Waals surface area (Å²) in [7, 11) is -0.391.